The van der Waals surface area contributed by atoms with Gasteiger partial charge in [0.1, 0.15) is 0 Å². The number of rotatable bonds is 3. The van der Waals surface area contributed by atoms with Crippen LogP contribution in [0.2, 0.25) is 0 Å². The van der Waals surface area contributed by atoms with E-state index in [0.717, 1.165) is 12.8 Å². The van der Waals surface area contributed by atoms with E-state index in [4.69, 9.17) is 0 Å². The van der Waals surface area contributed by atoms with Crippen LogP contribution >= 0.6 is 0 Å². The van der Waals surface area contributed by atoms with Gasteiger partial charge in [-0.05, 0) is 87.9 Å². The number of hydrogen-bond acceptors (Lipinski definition) is 0. The molecule has 0 nitrogen and oxygen atoms in total. The average molecular weight is 373 g/mol. The Kier molecular flexibility index (Phi) is 3.74. The van der Waals surface area contributed by atoms with E-state index in [2.05, 4.69) is 91.9 Å². The molecule has 0 aromatic heterocycles. The minimum absolute atomic E-state index is 0.503. The zero-order chi connectivity index (χ0) is 19.4. The molecule has 3 aromatic rings. The van der Waals surface area contributed by atoms with Gasteiger partial charge in [-0.1, -0.05) is 78.9 Å². The van der Waals surface area contributed by atoms with E-state index in [1.807, 2.05) is 0 Å². The Morgan fingerprint density at radius 1 is 0.759 bits per heavy atom. The van der Waals surface area contributed by atoms with Gasteiger partial charge in [0, 0.05) is 5.92 Å². The predicted octanol–water partition coefficient (Wildman–Crippen LogP) is 7.48. The van der Waals surface area contributed by atoms with Gasteiger partial charge in [0.2, 0.25) is 0 Å². The van der Waals surface area contributed by atoms with Gasteiger partial charge in [0.15, 0.2) is 0 Å². The number of fused-ring (bicyclic) bond motifs is 5. The van der Waals surface area contributed by atoms with Gasteiger partial charge in [0.25, 0.3) is 0 Å². The molecule has 0 saturated heterocycles. The maximum atomic E-state index is 2.42. The Hall–Kier alpha value is -3.12. The molecule has 0 saturated carbocycles. The molecule has 0 amide bonds. The van der Waals surface area contributed by atoms with Crippen molar-refractivity contribution < 1.29 is 0 Å². The van der Waals surface area contributed by atoms with Gasteiger partial charge in [-0.3, -0.25) is 0 Å². The van der Waals surface area contributed by atoms with Crippen LogP contribution in [0.3, 0.4) is 0 Å². The summed E-state index contributed by atoms with van der Waals surface area (Å²) in [5.41, 5.74) is 14.7. The normalized spacial score (nSPS) is 16.7. The van der Waals surface area contributed by atoms with Crippen molar-refractivity contribution in [2.75, 3.05) is 0 Å². The van der Waals surface area contributed by atoms with Crippen LogP contribution < -0.4 is 0 Å². The molecule has 0 radical (unpaired) electrons. The summed E-state index contributed by atoms with van der Waals surface area (Å²) in [6.07, 6.45) is 8.21. The lowest BCUT2D eigenvalue weighted by Gasteiger charge is -2.20. The zero-order valence-corrected chi connectivity index (χ0v) is 16.8. The van der Waals surface area contributed by atoms with Crippen LogP contribution in [0.4, 0.5) is 0 Å². The van der Waals surface area contributed by atoms with Gasteiger partial charge in [-0.15, -0.1) is 0 Å². The fourth-order valence-electron chi connectivity index (χ4n) is 5.55. The molecule has 0 bridgehead atoms. The van der Waals surface area contributed by atoms with Crippen LogP contribution in [0.5, 0.6) is 0 Å². The molecule has 0 atom stereocenters. The lowest BCUT2D eigenvalue weighted by Crippen LogP contribution is -2.04. The quantitative estimate of drug-likeness (QED) is 0.447. The van der Waals surface area contributed by atoms with E-state index < -0.39 is 0 Å². The fourth-order valence-corrected chi connectivity index (χ4v) is 5.55. The Morgan fingerprint density at radius 3 is 2.17 bits per heavy atom. The highest BCUT2D eigenvalue weighted by Gasteiger charge is 2.30. The lowest BCUT2D eigenvalue weighted by molar-refractivity contribution is 0.727. The maximum Gasteiger partial charge on any atom is 0.0105 e. The fraction of sp³-hybridized carbons (Fsp3) is 0.172. The molecule has 6 rings (SSSR count). The zero-order valence-electron chi connectivity index (χ0n) is 16.8. The number of allylic oxidation sites excluding steroid dienone is 5. The first kappa shape index (κ1) is 16.8. The highest BCUT2D eigenvalue weighted by Crippen LogP contribution is 2.48. The summed E-state index contributed by atoms with van der Waals surface area (Å²) >= 11 is 0. The molecule has 3 aromatic carbocycles. The maximum absolute atomic E-state index is 2.42. The Morgan fingerprint density at radius 2 is 1.41 bits per heavy atom. The topological polar surface area (TPSA) is 0 Å². The smallest absolute Gasteiger partial charge is 0.0105 e. The molecule has 3 aliphatic rings. The molecule has 0 heteroatoms. The van der Waals surface area contributed by atoms with E-state index in [-0.39, 0.29) is 0 Å². The molecule has 0 unspecified atom stereocenters. The van der Waals surface area contributed by atoms with Crippen LogP contribution in [0.1, 0.15) is 47.9 Å². The molecule has 140 valence electrons. The van der Waals surface area contributed by atoms with Crippen LogP contribution in [-0.2, 0) is 6.42 Å². The van der Waals surface area contributed by atoms with Gasteiger partial charge in [-0.25, -0.2) is 0 Å². The SMILES string of the molecule is CC1=C(CCC2c3ccccc3-c3ccccc32)C2=Cc3ccccc3CC2=C1. The highest BCUT2D eigenvalue weighted by molar-refractivity contribution is 5.79. The minimum atomic E-state index is 0.503. The van der Waals surface area contributed by atoms with Crippen molar-refractivity contribution >= 4 is 6.08 Å². The molecule has 0 aliphatic heterocycles. The third kappa shape index (κ3) is 2.59. The van der Waals surface area contributed by atoms with Crippen molar-refractivity contribution in [1.29, 1.82) is 0 Å². The third-order valence-corrected chi connectivity index (χ3v) is 6.92. The Bertz CT molecular complexity index is 1190. The summed E-state index contributed by atoms with van der Waals surface area (Å²) in [4.78, 5) is 0. The van der Waals surface area contributed by atoms with Crippen LogP contribution in [0.15, 0.2) is 101 Å². The standard InChI is InChI=1S/C29H24/c1-19-16-22-17-20-8-2-3-9-21(20)18-29(22)23(19)14-15-28-26-12-6-4-10-24(26)25-11-5-7-13-27(25)28/h2-13,16,18,28H,14-15,17H2,1H3. The summed E-state index contributed by atoms with van der Waals surface area (Å²) in [6, 6.07) is 26.8. The first-order valence-electron chi connectivity index (χ1n) is 10.7. The summed E-state index contributed by atoms with van der Waals surface area (Å²) < 4.78 is 0. The monoisotopic (exact) mass is 372 g/mol. The summed E-state index contributed by atoms with van der Waals surface area (Å²) in [5.74, 6) is 0.503. The van der Waals surface area contributed by atoms with Crippen molar-refractivity contribution in [2.24, 2.45) is 0 Å². The van der Waals surface area contributed by atoms with Gasteiger partial charge < -0.3 is 0 Å². The number of benzene rings is 3. The van der Waals surface area contributed by atoms with Crippen LogP contribution in [0, 0.1) is 0 Å². The Balaban J connectivity index is 1.33. The summed E-state index contributed by atoms with van der Waals surface area (Å²) in [7, 11) is 0. The van der Waals surface area contributed by atoms with Gasteiger partial charge in [0.05, 0.1) is 0 Å². The largest absolute Gasteiger partial charge is 0.0619 e. The van der Waals surface area contributed by atoms with E-state index >= 15 is 0 Å². The van der Waals surface area contributed by atoms with Gasteiger partial charge in [-0.2, -0.15) is 0 Å². The molecule has 0 N–H and O–H groups in total. The molecular formula is C29H24. The second-order valence-corrected chi connectivity index (χ2v) is 8.53. The third-order valence-electron chi connectivity index (χ3n) is 6.92. The highest BCUT2D eigenvalue weighted by atomic mass is 14.3. The van der Waals surface area contributed by atoms with Crippen LogP contribution in [0.25, 0.3) is 17.2 Å². The van der Waals surface area contributed by atoms with E-state index in [1.165, 1.54) is 56.5 Å². The second-order valence-electron chi connectivity index (χ2n) is 8.53. The van der Waals surface area contributed by atoms with E-state index in [1.54, 1.807) is 5.57 Å². The number of hydrogen-bond donors (Lipinski definition) is 0. The average Bonchev–Trinajstić information content (AvgIpc) is 3.24. The molecule has 0 heterocycles. The molecule has 29 heavy (non-hydrogen) atoms. The molecule has 0 fully saturated rings. The van der Waals surface area contributed by atoms with E-state index in [9.17, 15) is 0 Å². The van der Waals surface area contributed by atoms with Crippen molar-refractivity contribution in [3.05, 3.63) is 123 Å². The Labute approximate surface area is 172 Å². The van der Waals surface area contributed by atoms with Crippen LogP contribution in [-0.4, -0.2) is 0 Å². The van der Waals surface area contributed by atoms with Crippen molar-refractivity contribution in [3.8, 4) is 11.1 Å². The van der Waals surface area contributed by atoms with E-state index in [0.29, 0.717) is 5.92 Å². The van der Waals surface area contributed by atoms with Crippen molar-refractivity contribution in [2.45, 2.75) is 32.1 Å². The molecule has 3 aliphatic carbocycles. The second kappa shape index (κ2) is 6.46. The first-order valence-corrected chi connectivity index (χ1v) is 10.7. The first-order chi connectivity index (χ1) is 14.3. The lowest BCUT2D eigenvalue weighted by atomic mass is 9.84. The van der Waals surface area contributed by atoms with Gasteiger partial charge >= 0.3 is 0 Å². The molecule has 0 spiro atoms. The summed E-state index contributed by atoms with van der Waals surface area (Å²) in [6.45, 7) is 2.29. The van der Waals surface area contributed by atoms with Crippen molar-refractivity contribution in [3.63, 3.8) is 0 Å². The minimum Gasteiger partial charge on any atom is -0.0619 e. The predicted molar refractivity (Wildman–Crippen MR) is 122 cm³/mol. The summed E-state index contributed by atoms with van der Waals surface area (Å²) in [5, 5.41) is 0. The van der Waals surface area contributed by atoms with Crippen molar-refractivity contribution in [1.82, 2.24) is 0 Å². The molecular weight excluding hydrogens is 348 g/mol.